The number of aliphatic carboxylic acids is 1. The number of hydroxylamine groups is 1. The number of nitrogens with one attached hydrogen (secondary N) is 2. The Kier molecular flexibility index (Phi) is 6.36. The molecule has 1 aliphatic carbocycles. The van der Waals surface area contributed by atoms with E-state index < -0.39 is 30.6 Å². The van der Waals surface area contributed by atoms with Crippen LogP contribution in [0.2, 0.25) is 0 Å². The molecule has 0 spiro atoms. The van der Waals surface area contributed by atoms with Gasteiger partial charge in [-0.2, -0.15) is 5.10 Å². The predicted octanol–water partition coefficient (Wildman–Crippen LogP) is 2.13. The Morgan fingerprint density at radius 2 is 1.73 bits per heavy atom. The number of carbonyl (C=O) groups excluding carboxylic acids is 2. The van der Waals surface area contributed by atoms with Gasteiger partial charge in [0.2, 0.25) is 0 Å². The van der Waals surface area contributed by atoms with Gasteiger partial charge in [0.25, 0.3) is 5.91 Å². The molecular weight excluding hydrogens is 428 g/mol. The monoisotopic (exact) mass is 450 g/mol. The first-order chi connectivity index (χ1) is 15.9. The standard InChI is InChI=1S/C23H22N4O6/c1-27-11-14(10-24-27)21(22(30)26-33-13-20(28)29)25-23(31)32-12-19-17-8-4-2-6-15(17)16-7-3-5-9-18(16)19/h2-11,19,21H,12-13H2,1H3,(H,25,31)(H,26,30)(H,28,29). The number of fused-ring (bicyclic) bond motifs is 3. The van der Waals surface area contributed by atoms with Crippen LogP contribution in [0, 0.1) is 0 Å². The van der Waals surface area contributed by atoms with Crippen molar-refractivity contribution in [3.63, 3.8) is 0 Å². The number of ether oxygens (including phenoxy) is 1. The fourth-order valence-electron chi connectivity index (χ4n) is 3.88. The molecule has 0 radical (unpaired) electrons. The van der Waals surface area contributed by atoms with Gasteiger partial charge >= 0.3 is 12.1 Å². The highest BCUT2D eigenvalue weighted by atomic mass is 16.7. The van der Waals surface area contributed by atoms with Crippen molar-refractivity contribution in [2.45, 2.75) is 12.0 Å². The van der Waals surface area contributed by atoms with Crippen LogP contribution in [0.5, 0.6) is 0 Å². The molecule has 33 heavy (non-hydrogen) atoms. The minimum Gasteiger partial charge on any atom is -0.479 e. The van der Waals surface area contributed by atoms with Crippen molar-refractivity contribution < 1.29 is 29.1 Å². The van der Waals surface area contributed by atoms with Crippen LogP contribution in [0.15, 0.2) is 60.9 Å². The highest BCUT2D eigenvalue weighted by Gasteiger charge is 2.30. The third-order valence-corrected chi connectivity index (χ3v) is 5.29. The zero-order valence-corrected chi connectivity index (χ0v) is 17.7. The second-order valence-electron chi connectivity index (χ2n) is 7.50. The molecule has 10 heteroatoms. The lowest BCUT2D eigenvalue weighted by Gasteiger charge is -2.18. The van der Waals surface area contributed by atoms with Gasteiger partial charge in [-0.1, -0.05) is 48.5 Å². The zero-order valence-electron chi connectivity index (χ0n) is 17.7. The summed E-state index contributed by atoms with van der Waals surface area (Å²) in [6.07, 6.45) is 2.15. The van der Waals surface area contributed by atoms with Crippen LogP contribution in [0.25, 0.3) is 11.1 Å². The number of carboxylic acids is 1. The van der Waals surface area contributed by atoms with E-state index in [1.807, 2.05) is 54.0 Å². The number of carbonyl (C=O) groups is 3. The van der Waals surface area contributed by atoms with Crippen molar-refractivity contribution >= 4 is 18.0 Å². The third-order valence-electron chi connectivity index (χ3n) is 5.29. The molecule has 10 nitrogen and oxygen atoms in total. The molecule has 170 valence electrons. The topological polar surface area (TPSA) is 132 Å². The van der Waals surface area contributed by atoms with Crippen LogP contribution in [-0.4, -0.2) is 46.1 Å². The van der Waals surface area contributed by atoms with E-state index in [0.717, 1.165) is 22.3 Å². The van der Waals surface area contributed by atoms with Crippen LogP contribution in [0.3, 0.4) is 0 Å². The molecular formula is C23H22N4O6. The lowest BCUT2D eigenvalue weighted by atomic mass is 9.98. The van der Waals surface area contributed by atoms with E-state index in [4.69, 9.17) is 9.84 Å². The number of hydrogen-bond donors (Lipinski definition) is 3. The predicted molar refractivity (Wildman–Crippen MR) is 116 cm³/mol. The number of alkyl carbamates (subject to hydrolysis) is 1. The minimum atomic E-state index is -1.25. The largest absolute Gasteiger partial charge is 0.479 e. The van der Waals surface area contributed by atoms with Gasteiger partial charge in [-0.15, -0.1) is 0 Å². The average Bonchev–Trinajstić information content (AvgIpc) is 3.37. The van der Waals surface area contributed by atoms with E-state index in [2.05, 4.69) is 15.3 Å². The SMILES string of the molecule is Cn1cc(C(NC(=O)OCC2c3ccccc3-c3ccccc32)C(=O)NOCC(=O)O)cn1. The Bertz CT molecular complexity index is 1150. The van der Waals surface area contributed by atoms with Crippen LogP contribution in [-0.2, 0) is 26.2 Å². The molecule has 4 rings (SSSR count). The van der Waals surface area contributed by atoms with Crippen molar-refractivity contribution in [2.75, 3.05) is 13.2 Å². The number of rotatable bonds is 8. The van der Waals surface area contributed by atoms with E-state index >= 15 is 0 Å². The fraction of sp³-hybridized carbons (Fsp3) is 0.217. The average molecular weight is 450 g/mol. The number of aromatic nitrogens is 2. The van der Waals surface area contributed by atoms with Crippen molar-refractivity contribution in [2.24, 2.45) is 7.05 Å². The van der Waals surface area contributed by atoms with Crippen molar-refractivity contribution in [3.05, 3.63) is 77.6 Å². The number of carboxylic acid groups (broad SMARTS) is 1. The molecule has 2 aromatic carbocycles. The summed E-state index contributed by atoms with van der Waals surface area (Å²) in [6, 6.07) is 14.7. The summed E-state index contributed by atoms with van der Waals surface area (Å²) in [5.74, 6) is -2.15. The Balaban J connectivity index is 1.45. The Morgan fingerprint density at radius 3 is 2.30 bits per heavy atom. The maximum atomic E-state index is 12.6. The molecule has 0 aliphatic heterocycles. The second-order valence-corrected chi connectivity index (χ2v) is 7.50. The molecule has 2 amide bonds. The molecule has 0 saturated heterocycles. The molecule has 3 aromatic rings. The van der Waals surface area contributed by atoms with Gasteiger partial charge in [0.1, 0.15) is 12.6 Å². The van der Waals surface area contributed by atoms with Gasteiger partial charge in [0.15, 0.2) is 6.61 Å². The summed E-state index contributed by atoms with van der Waals surface area (Å²) in [4.78, 5) is 40.4. The first-order valence-electron chi connectivity index (χ1n) is 10.2. The number of amides is 2. The highest BCUT2D eigenvalue weighted by Crippen LogP contribution is 2.44. The van der Waals surface area contributed by atoms with Crippen molar-refractivity contribution in [1.82, 2.24) is 20.6 Å². The normalized spacial score (nSPS) is 13.0. The van der Waals surface area contributed by atoms with Crippen molar-refractivity contribution in [1.29, 1.82) is 0 Å². The molecule has 3 N–H and O–H groups in total. The summed E-state index contributed by atoms with van der Waals surface area (Å²) in [5, 5.41) is 15.2. The zero-order chi connectivity index (χ0) is 23.4. The first-order valence-corrected chi connectivity index (χ1v) is 10.2. The first kappa shape index (κ1) is 22.0. The van der Waals surface area contributed by atoms with E-state index in [1.54, 1.807) is 13.2 Å². The minimum absolute atomic E-state index is 0.0801. The molecule has 0 saturated carbocycles. The Hall–Kier alpha value is -4.18. The highest BCUT2D eigenvalue weighted by molar-refractivity contribution is 5.86. The van der Waals surface area contributed by atoms with E-state index in [9.17, 15) is 14.4 Å². The second kappa shape index (κ2) is 9.53. The third kappa shape index (κ3) is 4.85. The molecule has 1 aromatic heterocycles. The van der Waals surface area contributed by atoms with Crippen LogP contribution in [0.4, 0.5) is 4.79 Å². The van der Waals surface area contributed by atoms with E-state index in [1.165, 1.54) is 10.9 Å². The van der Waals surface area contributed by atoms with Crippen LogP contribution < -0.4 is 10.8 Å². The van der Waals surface area contributed by atoms with Gasteiger partial charge in [-0.05, 0) is 22.3 Å². The number of aryl methyl sites for hydroxylation is 1. The van der Waals surface area contributed by atoms with Crippen molar-refractivity contribution in [3.8, 4) is 11.1 Å². The maximum absolute atomic E-state index is 12.6. The maximum Gasteiger partial charge on any atom is 0.408 e. The fourth-order valence-corrected chi connectivity index (χ4v) is 3.88. The lowest BCUT2D eigenvalue weighted by Crippen LogP contribution is -2.41. The lowest BCUT2D eigenvalue weighted by molar-refractivity contribution is -0.150. The van der Waals surface area contributed by atoms with Gasteiger partial charge < -0.3 is 15.2 Å². The molecule has 1 aliphatic rings. The van der Waals surface area contributed by atoms with Gasteiger partial charge in [0, 0.05) is 24.7 Å². The van der Waals surface area contributed by atoms with Crippen LogP contribution >= 0.6 is 0 Å². The summed E-state index contributed by atoms with van der Waals surface area (Å²) < 4.78 is 6.96. The van der Waals surface area contributed by atoms with Gasteiger partial charge in [0.05, 0.1) is 6.20 Å². The number of benzene rings is 2. The van der Waals surface area contributed by atoms with Crippen LogP contribution in [0.1, 0.15) is 28.7 Å². The molecule has 1 atom stereocenters. The van der Waals surface area contributed by atoms with Gasteiger partial charge in [-0.3, -0.25) is 14.3 Å². The Labute approximate surface area is 189 Å². The smallest absolute Gasteiger partial charge is 0.408 e. The number of hydrogen-bond acceptors (Lipinski definition) is 6. The van der Waals surface area contributed by atoms with Gasteiger partial charge in [-0.25, -0.2) is 15.1 Å². The number of nitrogens with zero attached hydrogens (tertiary/aromatic N) is 2. The Morgan fingerprint density at radius 1 is 1.09 bits per heavy atom. The summed E-state index contributed by atoms with van der Waals surface area (Å²) in [6.45, 7) is -0.646. The molecule has 0 fully saturated rings. The summed E-state index contributed by atoms with van der Waals surface area (Å²) in [7, 11) is 1.66. The summed E-state index contributed by atoms with van der Waals surface area (Å²) >= 11 is 0. The molecule has 1 heterocycles. The summed E-state index contributed by atoms with van der Waals surface area (Å²) in [5.41, 5.74) is 6.73. The van der Waals surface area contributed by atoms with E-state index in [-0.39, 0.29) is 12.5 Å². The molecule has 0 bridgehead atoms. The quantitative estimate of drug-likeness (QED) is 0.448. The van der Waals surface area contributed by atoms with E-state index in [0.29, 0.717) is 5.56 Å². The molecule has 1 unspecified atom stereocenters.